The molecule has 0 atom stereocenters. The van der Waals surface area contributed by atoms with Crippen LogP contribution in [-0.4, -0.2) is 25.7 Å². The topological polar surface area (TPSA) is 114 Å². The van der Waals surface area contributed by atoms with E-state index in [2.05, 4.69) is 14.9 Å². The summed E-state index contributed by atoms with van der Waals surface area (Å²) in [5, 5.41) is 16.5. The highest BCUT2D eigenvalue weighted by molar-refractivity contribution is 7.93. The molecule has 0 aliphatic heterocycles. The molecule has 0 aliphatic rings. The quantitative estimate of drug-likeness (QED) is 0.596. The number of alkyl halides is 3. The lowest BCUT2D eigenvalue weighted by atomic mass is 10.2. The maximum atomic E-state index is 13.0. The molecular weight excluding hydrogens is 445 g/mol. The van der Waals surface area contributed by atoms with Crippen LogP contribution >= 0.6 is 11.3 Å². The van der Waals surface area contributed by atoms with Crippen molar-refractivity contribution >= 4 is 26.5 Å². The fourth-order valence-corrected chi connectivity index (χ4v) is 4.01. The third-order valence-electron chi connectivity index (χ3n) is 3.67. The van der Waals surface area contributed by atoms with Gasteiger partial charge < -0.3 is 9.47 Å². The second-order valence-electron chi connectivity index (χ2n) is 5.58. The number of nitrogens with one attached hydrogen (secondary N) is 1. The minimum atomic E-state index is -4.61. The van der Waals surface area contributed by atoms with E-state index in [1.807, 2.05) is 0 Å². The molecule has 0 fully saturated rings. The minimum absolute atomic E-state index is 0.00141. The fraction of sp³-hybridized carbons (Fsp3) is 0.118. The van der Waals surface area contributed by atoms with Crippen molar-refractivity contribution < 1.29 is 31.1 Å². The largest absolute Gasteiger partial charge is 0.493 e. The Kier molecular flexibility index (Phi) is 5.81. The van der Waals surface area contributed by atoms with Crippen LogP contribution in [0.4, 0.5) is 18.3 Å². The van der Waals surface area contributed by atoms with E-state index >= 15 is 0 Å². The second-order valence-corrected chi connectivity index (χ2v) is 8.10. The highest BCUT2D eigenvalue weighted by Gasteiger charge is 2.31. The molecule has 1 N–H and O–H groups in total. The Hall–Kier alpha value is -3.37. The van der Waals surface area contributed by atoms with Crippen molar-refractivity contribution in [3.8, 4) is 23.3 Å². The number of halogens is 3. The van der Waals surface area contributed by atoms with Gasteiger partial charge in [0.25, 0.3) is 10.0 Å². The van der Waals surface area contributed by atoms with Gasteiger partial charge in [0, 0.05) is 0 Å². The molecule has 0 radical (unpaired) electrons. The second kappa shape index (κ2) is 8.17. The zero-order valence-electron chi connectivity index (χ0n) is 15.0. The molecular formula is C17H11F3N4O4S2. The number of benzene rings is 2. The highest BCUT2D eigenvalue weighted by atomic mass is 32.2. The Morgan fingerprint density at radius 2 is 1.87 bits per heavy atom. The Morgan fingerprint density at radius 3 is 2.47 bits per heavy atom. The van der Waals surface area contributed by atoms with Gasteiger partial charge in [-0.3, -0.25) is 4.72 Å². The smallest absolute Gasteiger partial charge is 0.416 e. The van der Waals surface area contributed by atoms with Gasteiger partial charge in [-0.15, -0.1) is 10.2 Å². The van der Waals surface area contributed by atoms with Crippen molar-refractivity contribution in [2.45, 2.75) is 11.1 Å². The molecule has 13 heteroatoms. The number of anilines is 1. The SMILES string of the molecule is COc1ccc(C(F)(F)F)cc1Oc1ccc(S(=O)(=O)Nc2nncs2)cc1C#N. The first-order valence-electron chi connectivity index (χ1n) is 7.90. The Bertz CT molecular complexity index is 1210. The predicted octanol–water partition coefficient (Wildman–Crippen LogP) is 4.03. The van der Waals surface area contributed by atoms with Gasteiger partial charge in [-0.1, -0.05) is 11.3 Å². The molecule has 1 aromatic heterocycles. The van der Waals surface area contributed by atoms with Crippen LogP contribution in [0.2, 0.25) is 0 Å². The van der Waals surface area contributed by atoms with Gasteiger partial charge in [-0.2, -0.15) is 18.4 Å². The number of methoxy groups -OCH3 is 1. The molecule has 1 heterocycles. The van der Waals surface area contributed by atoms with Gasteiger partial charge in [0.2, 0.25) is 5.13 Å². The van der Waals surface area contributed by atoms with Gasteiger partial charge in [0.05, 0.1) is 23.1 Å². The van der Waals surface area contributed by atoms with Gasteiger partial charge in [-0.05, 0) is 36.4 Å². The lowest BCUT2D eigenvalue weighted by Crippen LogP contribution is -2.13. The summed E-state index contributed by atoms with van der Waals surface area (Å²) < 4.78 is 76.5. The van der Waals surface area contributed by atoms with Crippen LogP contribution in [0.3, 0.4) is 0 Å². The van der Waals surface area contributed by atoms with E-state index in [1.165, 1.54) is 12.6 Å². The molecule has 156 valence electrons. The van der Waals surface area contributed by atoms with E-state index in [0.717, 1.165) is 47.7 Å². The summed E-state index contributed by atoms with van der Waals surface area (Å²) in [5.74, 6) is -0.432. The number of hydrogen-bond donors (Lipinski definition) is 1. The van der Waals surface area contributed by atoms with Crippen molar-refractivity contribution in [1.82, 2.24) is 10.2 Å². The first kappa shape index (κ1) is 21.3. The van der Waals surface area contributed by atoms with Gasteiger partial charge in [-0.25, -0.2) is 8.42 Å². The maximum absolute atomic E-state index is 13.0. The molecule has 30 heavy (non-hydrogen) atoms. The number of sulfonamides is 1. The first-order chi connectivity index (χ1) is 14.1. The van der Waals surface area contributed by atoms with E-state index in [-0.39, 0.29) is 32.8 Å². The van der Waals surface area contributed by atoms with E-state index in [4.69, 9.17) is 9.47 Å². The first-order valence-corrected chi connectivity index (χ1v) is 10.3. The number of nitrogens with zero attached hydrogens (tertiary/aromatic N) is 3. The summed E-state index contributed by atoms with van der Waals surface area (Å²) in [6.45, 7) is 0. The third-order valence-corrected chi connectivity index (χ3v) is 5.75. The zero-order valence-corrected chi connectivity index (χ0v) is 16.6. The van der Waals surface area contributed by atoms with Crippen molar-refractivity contribution in [3.63, 3.8) is 0 Å². The van der Waals surface area contributed by atoms with E-state index in [9.17, 15) is 26.9 Å². The summed E-state index contributed by atoms with van der Waals surface area (Å²) in [4.78, 5) is -0.266. The van der Waals surface area contributed by atoms with Crippen molar-refractivity contribution in [2.75, 3.05) is 11.8 Å². The average Bonchev–Trinajstić information content (AvgIpc) is 3.19. The van der Waals surface area contributed by atoms with Crippen molar-refractivity contribution in [1.29, 1.82) is 5.26 Å². The molecule has 0 unspecified atom stereocenters. The summed E-state index contributed by atoms with van der Waals surface area (Å²) in [6, 6.07) is 7.72. The number of aromatic nitrogens is 2. The number of rotatable bonds is 6. The molecule has 3 aromatic rings. The molecule has 8 nitrogen and oxygen atoms in total. The van der Waals surface area contributed by atoms with Crippen LogP contribution in [0, 0.1) is 11.3 Å². The van der Waals surface area contributed by atoms with Crippen LogP contribution in [0.25, 0.3) is 0 Å². The molecule has 0 saturated carbocycles. The predicted molar refractivity (Wildman–Crippen MR) is 99.9 cm³/mol. The average molecular weight is 456 g/mol. The normalized spacial score (nSPS) is 11.6. The van der Waals surface area contributed by atoms with Crippen molar-refractivity contribution in [3.05, 3.63) is 53.0 Å². The summed E-state index contributed by atoms with van der Waals surface area (Å²) in [5.41, 5.74) is 0.143. The highest BCUT2D eigenvalue weighted by Crippen LogP contribution is 2.39. The van der Waals surface area contributed by atoms with E-state index < -0.39 is 21.8 Å². The van der Waals surface area contributed by atoms with Gasteiger partial charge >= 0.3 is 6.18 Å². The molecule has 0 saturated heterocycles. The third kappa shape index (κ3) is 4.61. The number of hydrogen-bond acceptors (Lipinski definition) is 8. The molecule has 0 spiro atoms. The summed E-state index contributed by atoms with van der Waals surface area (Å²) in [7, 11) is -2.82. The fourth-order valence-electron chi connectivity index (χ4n) is 2.30. The van der Waals surface area contributed by atoms with E-state index in [1.54, 1.807) is 6.07 Å². The Balaban J connectivity index is 1.96. The van der Waals surface area contributed by atoms with Crippen molar-refractivity contribution in [2.24, 2.45) is 0 Å². The Labute approximate surface area is 172 Å². The molecule has 0 aliphatic carbocycles. The minimum Gasteiger partial charge on any atom is -0.493 e. The van der Waals surface area contributed by atoms with Crippen LogP contribution in [0.1, 0.15) is 11.1 Å². The monoisotopic (exact) mass is 456 g/mol. The molecule has 2 aromatic carbocycles. The maximum Gasteiger partial charge on any atom is 0.416 e. The number of nitriles is 1. The standard InChI is InChI=1S/C17H11F3N4O4S2/c1-27-14-4-2-11(17(18,19)20)7-15(14)28-13-5-3-12(6-10(13)8-21)30(25,26)24-16-23-22-9-29-16/h2-7,9H,1H3,(H,23,24). The van der Waals surface area contributed by atoms with Crippen LogP contribution < -0.4 is 14.2 Å². The summed E-state index contributed by atoms with van der Waals surface area (Å²) >= 11 is 0.959. The Morgan fingerprint density at radius 1 is 1.13 bits per heavy atom. The van der Waals surface area contributed by atoms with Crippen LogP contribution in [-0.2, 0) is 16.2 Å². The van der Waals surface area contributed by atoms with Gasteiger partial charge in [0.15, 0.2) is 11.5 Å². The molecule has 0 amide bonds. The van der Waals surface area contributed by atoms with Gasteiger partial charge in [0.1, 0.15) is 17.3 Å². The zero-order chi connectivity index (χ0) is 21.9. The number of ether oxygens (including phenoxy) is 2. The van der Waals surface area contributed by atoms with E-state index in [0.29, 0.717) is 0 Å². The summed E-state index contributed by atoms with van der Waals surface area (Å²) in [6.07, 6.45) is -4.61. The van der Waals surface area contributed by atoms with Crippen LogP contribution in [0.15, 0.2) is 46.8 Å². The molecule has 3 rings (SSSR count). The lowest BCUT2D eigenvalue weighted by molar-refractivity contribution is -0.137. The lowest BCUT2D eigenvalue weighted by Gasteiger charge is -2.15. The molecule has 0 bridgehead atoms. The van der Waals surface area contributed by atoms with Crippen LogP contribution in [0.5, 0.6) is 17.2 Å².